The van der Waals surface area contributed by atoms with Gasteiger partial charge in [0.1, 0.15) is 0 Å². The van der Waals surface area contributed by atoms with Crippen LogP contribution in [-0.2, 0) is 0 Å². The maximum absolute atomic E-state index is 5.74. The maximum atomic E-state index is 5.74. The number of nitrogens with one attached hydrogen (secondary N) is 1. The number of rotatable bonds is 4. The Bertz CT molecular complexity index is 475. The van der Waals surface area contributed by atoms with Gasteiger partial charge in [-0.1, -0.05) is 6.92 Å². The van der Waals surface area contributed by atoms with Crippen molar-refractivity contribution in [3.63, 3.8) is 0 Å². The van der Waals surface area contributed by atoms with Crippen molar-refractivity contribution < 1.29 is 0 Å². The molecular weight excluding hydrogens is 200 g/mol. The van der Waals surface area contributed by atoms with E-state index in [9.17, 15) is 0 Å². The third-order valence-corrected chi connectivity index (χ3v) is 2.67. The summed E-state index contributed by atoms with van der Waals surface area (Å²) in [6, 6.07) is 5.75. The molecule has 0 unspecified atom stereocenters. The first-order valence-corrected chi connectivity index (χ1v) is 5.74. The number of benzene rings is 1. The fourth-order valence-electron chi connectivity index (χ4n) is 1.85. The third kappa shape index (κ3) is 1.96. The summed E-state index contributed by atoms with van der Waals surface area (Å²) in [6.45, 7) is 6.29. The van der Waals surface area contributed by atoms with E-state index in [0.717, 1.165) is 42.2 Å². The molecule has 0 radical (unpaired) electrons. The SMILES string of the molecule is CCCN(CC)c1nc2ccc(N)cc2[nH]1. The Kier molecular flexibility index (Phi) is 2.99. The van der Waals surface area contributed by atoms with Crippen LogP contribution < -0.4 is 10.6 Å². The van der Waals surface area contributed by atoms with Crippen LogP contribution in [0.2, 0.25) is 0 Å². The fourth-order valence-corrected chi connectivity index (χ4v) is 1.85. The number of nitrogen functional groups attached to an aromatic ring is 1. The van der Waals surface area contributed by atoms with Gasteiger partial charge < -0.3 is 15.6 Å². The average Bonchev–Trinajstić information content (AvgIpc) is 2.68. The summed E-state index contributed by atoms with van der Waals surface area (Å²) in [4.78, 5) is 10.1. The van der Waals surface area contributed by atoms with E-state index in [2.05, 4.69) is 28.7 Å². The molecular formula is C12H18N4. The molecule has 0 atom stereocenters. The molecule has 0 aliphatic carbocycles. The molecule has 1 heterocycles. The van der Waals surface area contributed by atoms with Gasteiger partial charge in [0.05, 0.1) is 11.0 Å². The van der Waals surface area contributed by atoms with E-state index in [4.69, 9.17) is 5.73 Å². The zero-order valence-corrected chi connectivity index (χ0v) is 9.83. The van der Waals surface area contributed by atoms with E-state index in [1.165, 1.54) is 0 Å². The van der Waals surface area contributed by atoms with Crippen LogP contribution in [-0.4, -0.2) is 23.1 Å². The molecule has 0 bridgehead atoms. The second-order valence-corrected chi connectivity index (χ2v) is 3.92. The van der Waals surface area contributed by atoms with Crippen molar-refractivity contribution in [1.82, 2.24) is 9.97 Å². The van der Waals surface area contributed by atoms with Crippen molar-refractivity contribution in [3.8, 4) is 0 Å². The number of aromatic amines is 1. The summed E-state index contributed by atoms with van der Waals surface area (Å²) < 4.78 is 0. The number of hydrogen-bond acceptors (Lipinski definition) is 3. The molecule has 0 spiro atoms. The summed E-state index contributed by atoms with van der Waals surface area (Å²) in [6.07, 6.45) is 1.12. The Labute approximate surface area is 95.5 Å². The van der Waals surface area contributed by atoms with Gasteiger partial charge in [0.15, 0.2) is 0 Å². The van der Waals surface area contributed by atoms with E-state index >= 15 is 0 Å². The molecule has 86 valence electrons. The lowest BCUT2D eigenvalue weighted by Gasteiger charge is -2.18. The third-order valence-electron chi connectivity index (χ3n) is 2.67. The normalized spacial score (nSPS) is 10.9. The summed E-state index contributed by atoms with van der Waals surface area (Å²) in [7, 11) is 0. The number of aromatic nitrogens is 2. The number of fused-ring (bicyclic) bond motifs is 1. The van der Waals surface area contributed by atoms with Crippen molar-refractivity contribution >= 4 is 22.7 Å². The number of nitrogens with zero attached hydrogens (tertiary/aromatic N) is 2. The first-order chi connectivity index (χ1) is 7.74. The minimum Gasteiger partial charge on any atom is -0.399 e. The quantitative estimate of drug-likeness (QED) is 0.775. The molecule has 3 N–H and O–H groups in total. The highest BCUT2D eigenvalue weighted by Crippen LogP contribution is 2.19. The van der Waals surface area contributed by atoms with Crippen molar-refractivity contribution in [2.24, 2.45) is 0 Å². The zero-order valence-electron chi connectivity index (χ0n) is 9.83. The van der Waals surface area contributed by atoms with Crippen LogP contribution in [0.15, 0.2) is 18.2 Å². The van der Waals surface area contributed by atoms with Crippen LogP contribution in [0.25, 0.3) is 11.0 Å². The second-order valence-electron chi connectivity index (χ2n) is 3.92. The van der Waals surface area contributed by atoms with Gasteiger partial charge in [-0.2, -0.15) is 0 Å². The first-order valence-electron chi connectivity index (χ1n) is 5.74. The van der Waals surface area contributed by atoms with E-state index in [1.54, 1.807) is 0 Å². The lowest BCUT2D eigenvalue weighted by Crippen LogP contribution is -2.24. The monoisotopic (exact) mass is 218 g/mol. The molecule has 16 heavy (non-hydrogen) atoms. The highest BCUT2D eigenvalue weighted by Gasteiger charge is 2.08. The predicted molar refractivity (Wildman–Crippen MR) is 68.7 cm³/mol. The Balaban J connectivity index is 2.37. The van der Waals surface area contributed by atoms with Crippen molar-refractivity contribution in [3.05, 3.63) is 18.2 Å². The second kappa shape index (κ2) is 4.43. The van der Waals surface area contributed by atoms with Crippen LogP contribution in [0.5, 0.6) is 0 Å². The van der Waals surface area contributed by atoms with Crippen LogP contribution in [0, 0.1) is 0 Å². The van der Waals surface area contributed by atoms with E-state index in [0.29, 0.717) is 0 Å². The molecule has 0 amide bonds. The van der Waals surface area contributed by atoms with Crippen LogP contribution in [0.4, 0.5) is 11.6 Å². The highest BCUT2D eigenvalue weighted by atomic mass is 15.3. The predicted octanol–water partition coefficient (Wildman–Crippen LogP) is 2.38. The molecule has 2 aromatic rings. The molecule has 2 rings (SSSR count). The van der Waals surface area contributed by atoms with Crippen molar-refractivity contribution in [1.29, 1.82) is 0 Å². The molecule has 0 saturated carbocycles. The average molecular weight is 218 g/mol. The molecule has 4 nitrogen and oxygen atoms in total. The molecule has 0 aliphatic heterocycles. The first kappa shape index (κ1) is 10.8. The lowest BCUT2D eigenvalue weighted by atomic mass is 10.3. The van der Waals surface area contributed by atoms with E-state index in [-0.39, 0.29) is 0 Å². The summed E-state index contributed by atoms with van der Waals surface area (Å²) >= 11 is 0. The Morgan fingerprint density at radius 3 is 2.88 bits per heavy atom. The van der Waals surface area contributed by atoms with Crippen LogP contribution >= 0.6 is 0 Å². The van der Waals surface area contributed by atoms with Crippen LogP contribution in [0.1, 0.15) is 20.3 Å². The topological polar surface area (TPSA) is 57.9 Å². The van der Waals surface area contributed by atoms with Gasteiger partial charge in [-0.3, -0.25) is 0 Å². The van der Waals surface area contributed by atoms with Crippen LogP contribution in [0.3, 0.4) is 0 Å². The highest BCUT2D eigenvalue weighted by molar-refractivity contribution is 5.80. The Hall–Kier alpha value is -1.71. The van der Waals surface area contributed by atoms with Gasteiger partial charge >= 0.3 is 0 Å². The van der Waals surface area contributed by atoms with Gasteiger partial charge in [-0.15, -0.1) is 0 Å². The van der Waals surface area contributed by atoms with Gasteiger partial charge in [0.25, 0.3) is 0 Å². The smallest absolute Gasteiger partial charge is 0.203 e. The largest absolute Gasteiger partial charge is 0.399 e. The van der Waals surface area contributed by atoms with Crippen molar-refractivity contribution in [2.75, 3.05) is 23.7 Å². The maximum Gasteiger partial charge on any atom is 0.203 e. The fraction of sp³-hybridized carbons (Fsp3) is 0.417. The lowest BCUT2D eigenvalue weighted by molar-refractivity contribution is 0.771. The van der Waals surface area contributed by atoms with E-state index in [1.807, 2.05) is 18.2 Å². The van der Waals surface area contributed by atoms with Gasteiger partial charge in [-0.05, 0) is 31.5 Å². The minimum absolute atomic E-state index is 0.765. The zero-order chi connectivity index (χ0) is 11.5. The minimum atomic E-state index is 0.765. The Morgan fingerprint density at radius 2 is 2.19 bits per heavy atom. The molecule has 1 aromatic heterocycles. The number of H-pyrrole nitrogens is 1. The van der Waals surface area contributed by atoms with Crippen molar-refractivity contribution in [2.45, 2.75) is 20.3 Å². The van der Waals surface area contributed by atoms with E-state index < -0.39 is 0 Å². The Morgan fingerprint density at radius 1 is 1.38 bits per heavy atom. The number of nitrogens with two attached hydrogens (primary N) is 1. The van der Waals surface area contributed by atoms with Gasteiger partial charge in [-0.25, -0.2) is 4.98 Å². The number of hydrogen-bond donors (Lipinski definition) is 2. The molecule has 4 heteroatoms. The van der Waals surface area contributed by atoms with Gasteiger partial charge in [0, 0.05) is 18.8 Å². The summed E-state index contributed by atoms with van der Waals surface area (Å²) in [5.74, 6) is 0.935. The number of anilines is 2. The van der Waals surface area contributed by atoms with Gasteiger partial charge in [0.2, 0.25) is 5.95 Å². The molecule has 0 saturated heterocycles. The molecule has 1 aromatic carbocycles. The standard InChI is InChI=1S/C12H18N4/c1-3-7-16(4-2)12-14-10-6-5-9(13)8-11(10)15-12/h5-6,8H,3-4,7,13H2,1-2H3,(H,14,15). The number of imidazole rings is 1. The summed E-state index contributed by atoms with van der Waals surface area (Å²) in [5.41, 5.74) is 8.48. The summed E-state index contributed by atoms with van der Waals surface area (Å²) in [5, 5.41) is 0. The molecule has 0 aliphatic rings. The molecule has 0 fully saturated rings.